The molecule has 0 spiro atoms. The molecule has 0 fully saturated rings. The number of carbonyl (C=O) groups excluding carboxylic acids is 1. The van der Waals surface area contributed by atoms with Gasteiger partial charge in [-0.3, -0.25) is 10.00 Å². The first-order chi connectivity index (χ1) is 11.2. The zero-order chi connectivity index (χ0) is 16.2. The van der Waals surface area contributed by atoms with Crippen LogP contribution in [-0.2, 0) is 19.5 Å². The zero-order valence-electron chi connectivity index (χ0n) is 12.8. The van der Waals surface area contributed by atoms with Gasteiger partial charge in [0.2, 0.25) is 5.88 Å². The number of anilines is 1. The van der Waals surface area contributed by atoms with Crippen molar-refractivity contribution in [2.75, 3.05) is 12.4 Å². The largest absolute Gasteiger partial charge is 0.481 e. The van der Waals surface area contributed by atoms with Crippen LogP contribution >= 0.6 is 15.9 Å². The quantitative estimate of drug-likeness (QED) is 0.855. The van der Waals surface area contributed by atoms with E-state index in [-0.39, 0.29) is 6.03 Å². The fourth-order valence-electron chi connectivity index (χ4n) is 2.59. The fraction of sp³-hybridized carbons (Fsp3) is 0.400. The van der Waals surface area contributed by atoms with Gasteiger partial charge in [-0.25, -0.2) is 9.78 Å². The molecule has 0 aliphatic carbocycles. The molecule has 3 heterocycles. The average Bonchev–Trinajstić information content (AvgIpc) is 2.95. The van der Waals surface area contributed by atoms with Crippen molar-refractivity contribution in [1.82, 2.24) is 20.1 Å². The van der Waals surface area contributed by atoms with Gasteiger partial charge in [0.15, 0.2) is 5.82 Å². The topological polar surface area (TPSA) is 81.1 Å². The molecule has 1 aliphatic rings. The Labute approximate surface area is 142 Å². The van der Waals surface area contributed by atoms with E-state index in [2.05, 4.69) is 36.6 Å². The number of nitrogens with zero attached hydrogens (tertiary/aromatic N) is 3. The van der Waals surface area contributed by atoms with Crippen molar-refractivity contribution < 1.29 is 9.53 Å². The van der Waals surface area contributed by atoms with Gasteiger partial charge in [0.25, 0.3) is 0 Å². The van der Waals surface area contributed by atoms with Crippen LogP contribution in [0.2, 0.25) is 0 Å². The van der Waals surface area contributed by atoms with Crippen LogP contribution in [0.1, 0.15) is 24.1 Å². The summed E-state index contributed by atoms with van der Waals surface area (Å²) in [5.41, 5.74) is 1.96. The maximum absolute atomic E-state index is 12.0. The molecule has 0 aromatic carbocycles. The highest BCUT2D eigenvalue weighted by Crippen LogP contribution is 2.20. The SMILES string of the molecule is COc1ncc(Br)cc1CNC(=O)Nc1cc2n(n1)CCCC2. The van der Waals surface area contributed by atoms with Crippen LogP contribution in [0.3, 0.4) is 0 Å². The lowest BCUT2D eigenvalue weighted by Crippen LogP contribution is -2.28. The number of amides is 2. The standard InChI is InChI=1S/C15H18BrN5O2/c1-23-14-10(6-11(16)9-17-14)8-18-15(22)19-13-7-12-4-2-3-5-21(12)20-13/h6-7,9H,2-5,8H2,1H3,(H2,18,19,20,22). The third kappa shape index (κ3) is 3.82. The first kappa shape index (κ1) is 15.8. The van der Waals surface area contributed by atoms with Crippen LogP contribution in [0.5, 0.6) is 5.88 Å². The summed E-state index contributed by atoms with van der Waals surface area (Å²) >= 11 is 3.36. The summed E-state index contributed by atoms with van der Waals surface area (Å²) in [4.78, 5) is 16.2. The molecule has 122 valence electrons. The fourth-order valence-corrected chi connectivity index (χ4v) is 2.97. The molecule has 3 rings (SSSR count). The molecule has 23 heavy (non-hydrogen) atoms. The zero-order valence-corrected chi connectivity index (χ0v) is 14.4. The lowest BCUT2D eigenvalue weighted by Gasteiger charge is -2.11. The van der Waals surface area contributed by atoms with Crippen molar-refractivity contribution in [3.63, 3.8) is 0 Å². The van der Waals surface area contributed by atoms with Gasteiger partial charge < -0.3 is 10.1 Å². The average molecular weight is 380 g/mol. The molecule has 7 nitrogen and oxygen atoms in total. The number of ether oxygens (including phenoxy) is 1. The first-order valence-electron chi connectivity index (χ1n) is 7.45. The third-order valence-corrected chi connectivity index (χ3v) is 4.12. The molecule has 0 unspecified atom stereocenters. The van der Waals surface area contributed by atoms with E-state index in [9.17, 15) is 4.79 Å². The van der Waals surface area contributed by atoms with Crippen molar-refractivity contribution in [1.29, 1.82) is 0 Å². The lowest BCUT2D eigenvalue weighted by atomic mass is 10.1. The smallest absolute Gasteiger partial charge is 0.320 e. The maximum atomic E-state index is 12.0. The van der Waals surface area contributed by atoms with Gasteiger partial charge in [-0.15, -0.1) is 0 Å². The van der Waals surface area contributed by atoms with E-state index < -0.39 is 0 Å². The number of nitrogens with one attached hydrogen (secondary N) is 2. The number of hydrogen-bond donors (Lipinski definition) is 2. The molecule has 2 N–H and O–H groups in total. The minimum Gasteiger partial charge on any atom is -0.481 e. The Bertz CT molecular complexity index is 692. The Hall–Kier alpha value is -2.09. The van der Waals surface area contributed by atoms with Crippen molar-refractivity contribution in [2.24, 2.45) is 0 Å². The Balaban J connectivity index is 1.59. The second-order valence-electron chi connectivity index (χ2n) is 5.33. The van der Waals surface area contributed by atoms with Gasteiger partial charge in [-0.2, -0.15) is 5.10 Å². The molecular weight excluding hydrogens is 362 g/mol. The Morgan fingerprint density at radius 3 is 3.09 bits per heavy atom. The van der Waals surface area contributed by atoms with E-state index in [1.54, 1.807) is 13.3 Å². The van der Waals surface area contributed by atoms with Crippen LogP contribution in [0.25, 0.3) is 0 Å². The number of halogens is 1. The number of pyridine rings is 1. The number of fused-ring (bicyclic) bond motifs is 1. The van der Waals surface area contributed by atoms with Crippen molar-refractivity contribution in [3.8, 4) is 5.88 Å². The number of aryl methyl sites for hydroxylation is 2. The summed E-state index contributed by atoms with van der Waals surface area (Å²) < 4.78 is 7.98. The number of urea groups is 1. The van der Waals surface area contributed by atoms with Crippen molar-refractivity contribution >= 4 is 27.8 Å². The predicted molar refractivity (Wildman–Crippen MR) is 89.5 cm³/mol. The number of carbonyl (C=O) groups is 1. The Morgan fingerprint density at radius 1 is 1.43 bits per heavy atom. The monoisotopic (exact) mass is 379 g/mol. The third-order valence-electron chi connectivity index (χ3n) is 3.68. The highest BCUT2D eigenvalue weighted by Gasteiger charge is 2.14. The first-order valence-corrected chi connectivity index (χ1v) is 8.25. The Morgan fingerprint density at radius 2 is 2.30 bits per heavy atom. The highest BCUT2D eigenvalue weighted by molar-refractivity contribution is 9.10. The van der Waals surface area contributed by atoms with Crippen LogP contribution in [0.4, 0.5) is 10.6 Å². The molecule has 0 radical (unpaired) electrons. The van der Waals surface area contributed by atoms with Gasteiger partial charge >= 0.3 is 6.03 Å². The summed E-state index contributed by atoms with van der Waals surface area (Å²) in [7, 11) is 1.55. The summed E-state index contributed by atoms with van der Waals surface area (Å²) in [5.74, 6) is 1.07. The minimum absolute atomic E-state index is 0.303. The minimum atomic E-state index is -0.303. The molecule has 0 saturated heterocycles. The van der Waals surface area contributed by atoms with Crippen molar-refractivity contribution in [3.05, 3.63) is 34.1 Å². The highest BCUT2D eigenvalue weighted by atomic mass is 79.9. The molecule has 2 amide bonds. The summed E-state index contributed by atoms with van der Waals surface area (Å²) in [6, 6.07) is 3.49. The second-order valence-corrected chi connectivity index (χ2v) is 6.25. The normalized spacial score (nSPS) is 13.3. The number of methoxy groups -OCH3 is 1. The van der Waals surface area contributed by atoms with Crippen LogP contribution in [0.15, 0.2) is 22.8 Å². The van der Waals surface area contributed by atoms with E-state index in [0.29, 0.717) is 18.2 Å². The molecule has 2 aromatic rings. The van der Waals surface area contributed by atoms with Crippen LogP contribution in [0, 0.1) is 0 Å². The maximum Gasteiger partial charge on any atom is 0.320 e. The van der Waals surface area contributed by atoms with Gasteiger partial charge in [0, 0.05) is 41.1 Å². The van der Waals surface area contributed by atoms with Crippen LogP contribution in [-0.4, -0.2) is 27.9 Å². The molecule has 8 heteroatoms. The summed E-state index contributed by atoms with van der Waals surface area (Å²) in [6.07, 6.45) is 4.97. The Kier molecular flexibility index (Phi) is 4.80. The molecule has 0 bridgehead atoms. The summed E-state index contributed by atoms with van der Waals surface area (Å²) in [5, 5.41) is 9.95. The molecule has 0 saturated carbocycles. The number of aromatic nitrogens is 3. The van der Waals surface area contributed by atoms with Crippen LogP contribution < -0.4 is 15.4 Å². The van der Waals surface area contributed by atoms with Crippen molar-refractivity contribution in [2.45, 2.75) is 32.4 Å². The van der Waals surface area contributed by atoms with Gasteiger partial charge in [0.1, 0.15) is 0 Å². The van der Waals surface area contributed by atoms with E-state index in [0.717, 1.165) is 29.4 Å². The van der Waals surface area contributed by atoms with E-state index in [1.807, 2.05) is 16.8 Å². The van der Waals surface area contributed by atoms with E-state index in [4.69, 9.17) is 4.74 Å². The van der Waals surface area contributed by atoms with Gasteiger partial charge in [-0.05, 0) is 41.3 Å². The van der Waals surface area contributed by atoms with Gasteiger partial charge in [-0.1, -0.05) is 0 Å². The molecular formula is C15H18BrN5O2. The molecule has 1 aliphatic heterocycles. The number of hydrogen-bond acceptors (Lipinski definition) is 4. The summed E-state index contributed by atoms with van der Waals surface area (Å²) in [6.45, 7) is 1.23. The van der Waals surface area contributed by atoms with E-state index >= 15 is 0 Å². The van der Waals surface area contributed by atoms with E-state index in [1.165, 1.54) is 12.1 Å². The van der Waals surface area contributed by atoms with Gasteiger partial charge in [0.05, 0.1) is 7.11 Å². The predicted octanol–water partition coefficient (Wildman–Crippen LogP) is 2.71. The second kappa shape index (κ2) is 6.99. The number of rotatable bonds is 4. The molecule has 2 aromatic heterocycles. The molecule has 0 atom stereocenters. The lowest BCUT2D eigenvalue weighted by molar-refractivity contribution is 0.251.